The van der Waals surface area contributed by atoms with Crippen molar-refractivity contribution >= 4 is 22.0 Å². The van der Waals surface area contributed by atoms with Gasteiger partial charge in [0.25, 0.3) is 10.1 Å². The quantitative estimate of drug-likeness (QED) is 0.454. The van der Waals surface area contributed by atoms with Gasteiger partial charge >= 0.3 is 5.97 Å². The second kappa shape index (κ2) is 5.63. The molecular weight excluding hydrogens is 264 g/mol. The molecule has 0 aromatic carbocycles. The topological polar surface area (TPSA) is 133 Å². The molecule has 1 heterocycles. The molecule has 1 unspecified atom stereocenters. The summed E-state index contributed by atoms with van der Waals surface area (Å²) < 4.78 is 30.6. The molecule has 0 aromatic heterocycles. The van der Waals surface area contributed by atoms with Gasteiger partial charge in [-0.15, -0.1) is 0 Å². The van der Waals surface area contributed by atoms with E-state index in [0.29, 0.717) is 0 Å². The minimum atomic E-state index is -4.18. The maximum atomic E-state index is 11.7. The lowest BCUT2D eigenvalue weighted by atomic mass is 10.1. The summed E-state index contributed by atoms with van der Waals surface area (Å²) in [7, 11) is -4.18. The molecule has 0 aromatic rings. The normalized spacial score (nSPS) is 25.7. The molecule has 0 aliphatic carbocycles. The SMILES string of the molecule is CC[C@H](NC(=O)[C@@H]1CC(S(=O)(=O)O)CN1)C(=O)O. The molecule has 1 fully saturated rings. The Labute approximate surface area is 104 Å². The van der Waals surface area contributed by atoms with Crippen molar-refractivity contribution in [2.24, 2.45) is 0 Å². The number of hydrogen-bond donors (Lipinski definition) is 4. The van der Waals surface area contributed by atoms with Crippen LogP contribution >= 0.6 is 0 Å². The maximum Gasteiger partial charge on any atom is 0.326 e. The minimum Gasteiger partial charge on any atom is -0.480 e. The van der Waals surface area contributed by atoms with Gasteiger partial charge in [0.05, 0.1) is 6.04 Å². The molecule has 0 saturated carbocycles. The lowest BCUT2D eigenvalue weighted by molar-refractivity contribution is -0.142. The van der Waals surface area contributed by atoms with Crippen LogP contribution in [0, 0.1) is 0 Å². The third-order valence-electron chi connectivity index (χ3n) is 2.85. The fraction of sp³-hybridized carbons (Fsp3) is 0.778. The molecule has 18 heavy (non-hydrogen) atoms. The highest BCUT2D eigenvalue weighted by atomic mass is 32.2. The minimum absolute atomic E-state index is 0.0270. The largest absolute Gasteiger partial charge is 0.480 e. The van der Waals surface area contributed by atoms with Crippen LogP contribution in [0.1, 0.15) is 19.8 Å². The Kier molecular flexibility index (Phi) is 4.65. The van der Waals surface area contributed by atoms with E-state index in [1.807, 2.05) is 0 Å². The first kappa shape index (κ1) is 14.9. The Hall–Kier alpha value is -1.19. The first-order chi connectivity index (χ1) is 8.25. The van der Waals surface area contributed by atoms with Gasteiger partial charge in [0.1, 0.15) is 11.3 Å². The molecule has 3 atom stereocenters. The fourth-order valence-electron chi connectivity index (χ4n) is 1.74. The first-order valence-electron chi connectivity index (χ1n) is 5.48. The number of nitrogens with one attached hydrogen (secondary N) is 2. The van der Waals surface area contributed by atoms with Gasteiger partial charge in [-0.2, -0.15) is 8.42 Å². The molecule has 0 spiro atoms. The number of aliphatic carboxylic acids is 1. The predicted molar refractivity (Wildman–Crippen MR) is 61.6 cm³/mol. The van der Waals surface area contributed by atoms with Gasteiger partial charge in [0, 0.05) is 6.54 Å². The van der Waals surface area contributed by atoms with E-state index in [-0.39, 0.29) is 19.4 Å². The molecule has 1 amide bonds. The summed E-state index contributed by atoms with van der Waals surface area (Å²) in [5.74, 6) is -1.72. The van der Waals surface area contributed by atoms with Crippen LogP contribution in [0.5, 0.6) is 0 Å². The lowest BCUT2D eigenvalue weighted by Crippen LogP contribution is -2.47. The Balaban J connectivity index is 2.58. The molecule has 1 aliphatic rings. The Morgan fingerprint density at radius 2 is 2.11 bits per heavy atom. The predicted octanol–water partition coefficient (Wildman–Crippen LogP) is -1.42. The summed E-state index contributed by atoms with van der Waals surface area (Å²) >= 11 is 0. The highest BCUT2D eigenvalue weighted by molar-refractivity contribution is 7.86. The van der Waals surface area contributed by atoms with Gasteiger partial charge in [0.2, 0.25) is 5.91 Å². The average Bonchev–Trinajstić information content (AvgIpc) is 2.73. The summed E-state index contributed by atoms with van der Waals surface area (Å²) in [4.78, 5) is 22.4. The Morgan fingerprint density at radius 3 is 2.50 bits per heavy atom. The highest BCUT2D eigenvalue weighted by Crippen LogP contribution is 2.14. The van der Waals surface area contributed by atoms with Crippen molar-refractivity contribution in [3.63, 3.8) is 0 Å². The van der Waals surface area contributed by atoms with Crippen molar-refractivity contribution < 1.29 is 27.7 Å². The maximum absolute atomic E-state index is 11.7. The van der Waals surface area contributed by atoms with E-state index >= 15 is 0 Å². The van der Waals surface area contributed by atoms with Crippen molar-refractivity contribution in [2.75, 3.05) is 6.54 Å². The Morgan fingerprint density at radius 1 is 1.50 bits per heavy atom. The smallest absolute Gasteiger partial charge is 0.326 e. The van der Waals surface area contributed by atoms with Crippen molar-refractivity contribution in [3.8, 4) is 0 Å². The van der Waals surface area contributed by atoms with E-state index in [1.165, 1.54) is 0 Å². The molecule has 8 nitrogen and oxygen atoms in total. The number of carbonyl (C=O) groups is 2. The van der Waals surface area contributed by atoms with Gasteiger partial charge < -0.3 is 15.7 Å². The van der Waals surface area contributed by atoms with E-state index < -0.39 is 39.3 Å². The number of hydrogen-bond acceptors (Lipinski definition) is 5. The summed E-state index contributed by atoms with van der Waals surface area (Å²) in [5, 5.41) is 12.7. The van der Waals surface area contributed by atoms with Crippen LogP contribution in [0.2, 0.25) is 0 Å². The van der Waals surface area contributed by atoms with E-state index in [2.05, 4.69) is 10.6 Å². The molecular formula is C9H16N2O6S. The van der Waals surface area contributed by atoms with Crippen LogP contribution in [0.25, 0.3) is 0 Å². The molecule has 1 saturated heterocycles. The molecule has 1 rings (SSSR count). The van der Waals surface area contributed by atoms with Gasteiger partial charge in [0.15, 0.2) is 0 Å². The van der Waals surface area contributed by atoms with Crippen LogP contribution < -0.4 is 10.6 Å². The highest BCUT2D eigenvalue weighted by Gasteiger charge is 2.37. The van der Waals surface area contributed by atoms with Crippen LogP contribution in [-0.2, 0) is 19.7 Å². The zero-order valence-electron chi connectivity index (χ0n) is 9.79. The van der Waals surface area contributed by atoms with Crippen molar-refractivity contribution in [2.45, 2.75) is 37.1 Å². The Bertz CT molecular complexity index is 434. The van der Waals surface area contributed by atoms with Gasteiger partial charge in [-0.25, -0.2) is 4.79 Å². The second-order valence-corrected chi connectivity index (χ2v) is 5.84. The summed E-state index contributed by atoms with van der Waals surface area (Å²) in [6.07, 6.45) is 0.163. The van der Waals surface area contributed by atoms with E-state index in [9.17, 15) is 18.0 Å². The third kappa shape index (κ3) is 3.65. The molecule has 0 radical (unpaired) electrons. The third-order valence-corrected chi connectivity index (χ3v) is 4.05. The molecule has 104 valence electrons. The number of carboxylic acid groups (broad SMARTS) is 1. The second-order valence-electron chi connectivity index (χ2n) is 4.14. The van der Waals surface area contributed by atoms with Crippen LogP contribution in [0.15, 0.2) is 0 Å². The van der Waals surface area contributed by atoms with E-state index in [1.54, 1.807) is 6.92 Å². The fourth-order valence-corrected chi connectivity index (χ4v) is 2.48. The number of rotatable bonds is 5. The van der Waals surface area contributed by atoms with Gasteiger partial charge in [-0.3, -0.25) is 9.35 Å². The number of carbonyl (C=O) groups excluding carboxylic acids is 1. The zero-order valence-corrected chi connectivity index (χ0v) is 10.6. The van der Waals surface area contributed by atoms with Crippen molar-refractivity contribution in [1.82, 2.24) is 10.6 Å². The molecule has 9 heteroatoms. The van der Waals surface area contributed by atoms with E-state index in [0.717, 1.165) is 0 Å². The summed E-state index contributed by atoms with van der Waals surface area (Å²) in [6.45, 7) is 1.59. The van der Waals surface area contributed by atoms with Crippen LogP contribution in [0.3, 0.4) is 0 Å². The molecule has 1 aliphatic heterocycles. The monoisotopic (exact) mass is 280 g/mol. The number of amides is 1. The average molecular weight is 280 g/mol. The van der Waals surface area contributed by atoms with Crippen LogP contribution in [0.4, 0.5) is 0 Å². The first-order valence-corrected chi connectivity index (χ1v) is 6.99. The standard InChI is InChI=1S/C9H16N2O6S/c1-2-6(9(13)14)11-8(12)7-3-5(4-10-7)18(15,16)17/h5-7,10H,2-4H2,1H3,(H,11,12)(H,13,14)(H,15,16,17)/t5?,6-,7-/m0/s1. The van der Waals surface area contributed by atoms with E-state index in [4.69, 9.17) is 9.66 Å². The van der Waals surface area contributed by atoms with Crippen LogP contribution in [-0.4, -0.2) is 53.8 Å². The lowest BCUT2D eigenvalue weighted by Gasteiger charge is -2.15. The zero-order chi connectivity index (χ0) is 13.9. The molecule has 4 N–H and O–H groups in total. The summed E-state index contributed by atoms with van der Waals surface area (Å²) in [5.41, 5.74) is 0. The van der Waals surface area contributed by atoms with Gasteiger partial charge in [-0.05, 0) is 12.8 Å². The summed E-state index contributed by atoms with van der Waals surface area (Å²) in [6, 6.07) is -1.80. The van der Waals surface area contributed by atoms with Gasteiger partial charge in [-0.1, -0.05) is 6.92 Å². The molecule has 0 bridgehead atoms. The van der Waals surface area contributed by atoms with Crippen molar-refractivity contribution in [1.29, 1.82) is 0 Å². The van der Waals surface area contributed by atoms with Crippen molar-refractivity contribution in [3.05, 3.63) is 0 Å². The number of carboxylic acids is 1.